The number of aromatic nitrogens is 2. The van der Waals surface area contributed by atoms with E-state index in [-0.39, 0.29) is 5.78 Å². The Morgan fingerprint density at radius 1 is 1.03 bits per heavy atom. The summed E-state index contributed by atoms with van der Waals surface area (Å²) in [5, 5.41) is 8.34. The SMILES string of the molecule is COC(=O)c1ccc(C(=O)Cc2cc(CN3CCCC(Cc4ccc5[nH]ncc5c4)C3)ccc2C)cc1. The van der Waals surface area contributed by atoms with Crippen molar-refractivity contribution in [1.82, 2.24) is 15.1 Å². The Morgan fingerprint density at radius 3 is 2.62 bits per heavy atom. The molecule has 1 atom stereocenters. The minimum atomic E-state index is -0.401. The van der Waals surface area contributed by atoms with Crippen molar-refractivity contribution in [1.29, 1.82) is 0 Å². The number of benzene rings is 3. The number of hydrogen-bond donors (Lipinski definition) is 1. The molecule has 1 fully saturated rings. The lowest BCUT2D eigenvalue weighted by molar-refractivity contribution is 0.0600. The summed E-state index contributed by atoms with van der Waals surface area (Å²) in [6.07, 6.45) is 5.78. The Balaban J connectivity index is 1.21. The summed E-state index contributed by atoms with van der Waals surface area (Å²) in [6.45, 7) is 5.14. The van der Waals surface area contributed by atoms with Crippen molar-refractivity contribution in [3.05, 3.63) is 100 Å². The molecule has 0 saturated carbocycles. The van der Waals surface area contributed by atoms with Crippen molar-refractivity contribution < 1.29 is 14.3 Å². The number of carbonyl (C=O) groups is 2. The highest BCUT2D eigenvalue weighted by atomic mass is 16.5. The van der Waals surface area contributed by atoms with E-state index in [1.54, 1.807) is 24.3 Å². The third-order valence-corrected chi connectivity index (χ3v) is 7.43. The smallest absolute Gasteiger partial charge is 0.337 e. The first-order valence-corrected chi connectivity index (χ1v) is 12.9. The van der Waals surface area contributed by atoms with Crippen LogP contribution in [-0.4, -0.2) is 47.0 Å². The van der Waals surface area contributed by atoms with Gasteiger partial charge in [-0.1, -0.05) is 36.4 Å². The zero-order valence-electron chi connectivity index (χ0n) is 21.5. The summed E-state index contributed by atoms with van der Waals surface area (Å²) < 4.78 is 4.74. The molecule has 3 aromatic carbocycles. The summed E-state index contributed by atoms with van der Waals surface area (Å²) in [7, 11) is 1.35. The first-order valence-electron chi connectivity index (χ1n) is 12.9. The van der Waals surface area contributed by atoms with Gasteiger partial charge in [0.15, 0.2) is 5.78 Å². The molecule has 1 aliphatic rings. The first-order chi connectivity index (χ1) is 18.0. The molecule has 37 heavy (non-hydrogen) atoms. The van der Waals surface area contributed by atoms with E-state index in [2.05, 4.69) is 58.4 Å². The number of rotatable bonds is 8. The van der Waals surface area contributed by atoms with Gasteiger partial charge in [-0.05, 0) is 85.2 Å². The molecule has 1 unspecified atom stereocenters. The third-order valence-electron chi connectivity index (χ3n) is 7.43. The number of Topliss-reactive ketones (excluding diaryl/α,β-unsaturated/α-hetero) is 1. The van der Waals surface area contributed by atoms with E-state index in [1.165, 1.54) is 36.5 Å². The van der Waals surface area contributed by atoms with Gasteiger partial charge in [-0.2, -0.15) is 5.10 Å². The topological polar surface area (TPSA) is 75.3 Å². The van der Waals surface area contributed by atoms with E-state index in [0.29, 0.717) is 23.5 Å². The van der Waals surface area contributed by atoms with E-state index in [1.807, 2.05) is 6.20 Å². The van der Waals surface area contributed by atoms with Gasteiger partial charge in [0.25, 0.3) is 0 Å². The Bertz CT molecular complexity index is 1410. The molecule has 1 N–H and O–H groups in total. The number of hydrogen-bond acceptors (Lipinski definition) is 5. The molecule has 2 heterocycles. The van der Waals surface area contributed by atoms with Gasteiger partial charge in [-0.25, -0.2) is 4.79 Å². The summed E-state index contributed by atoms with van der Waals surface area (Å²) in [4.78, 5) is 27.2. The second kappa shape index (κ2) is 11.1. The van der Waals surface area contributed by atoms with Crippen molar-refractivity contribution in [2.24, 2.45) is 5.92 Å². The molecule has 1 saturated heterocycles. The van der Waals surface area contributed by atoms with E-state index in [0.717, 1.165) is 42.7 Å². The second-order valence-corrected chi connectivity index (χ2v) is 10.2. The lowest BCUT2D eigenvalue weighted by atomic mass is 9.90. The number of aromatic amines is 1. The Hall–Kier alpha value is -3.77. The number of piperidine rings is 1. The van der Waals surface area contributed by atoms with Gasteiger partial charge in [-0.15, -0.1) is 0 Å². The van der Waals surface area contributed by atoms with Crippen LogP contribution in [0.2, 0.25) is 0 Å². The summed E-state index contributed by atoms with van der Waals surface area (Å²) in [6, 6.07) is 19.8. The number of methoxy groups -OCH3 is 1. The monoisotopic (exact) mass is 495 g/mol. The summed E-state index contributed by atoms with van der Waals surface area (Å²) >= 11 is 0. The van der Waals surface area contributed by atoms with Gasteiger partial charge < -0.3 is 4.74 Å². The van der Waals surface area contributed by atoms with E-state index in [9.17, 15) is 9.59 Å². The summed E-state index contributed by atoms with van der Waals surface area (Å²) in [5.41, 5.74) is 6.92. The minimum absolute atomic E-state index is 0.0456. The van der Waals surface area contributed by atoms with Gasteiger partial charge in [0, 0.05) is 30.5 Å². The number of ether oxygens (including phenoxy) is 1. The number of H-pyrrole nitrogens is 1. The molecule has 6 heteroatoms. The van der Waals surface area contributed by atoms with Crippen LogP contribution in [0.4, 0.5) is 0 Å². The van der Waals surface area contributed by atoms with Crippen LogP contribution in [0.15, 0.2) is 66.9 Å². The van der Waals surface area contributed by atoms with Gasteiger partial charge >= 0.3 is 5.97 Å². The number of carbonyl (C=O) groups excluding carboxylic acids is 2. The zero-order chi connectivity index (χ0) is 25.8. The van der Waals surface area contributed by atoms with Crippen molar-refractivity contribution in [2.75, 3.05) is 20.2 Å². The number of aryl methyl sites for hydroxylation is 1. The first kappa shape index (κ1) is 24.9. The predicted molar refractivity (Wildman–Crippen MR) is 145 cm³/mol. The summed E-state index contributed by atoms with van der Waals surface area (Å²) in [5.74, 6) is 0.281. The number of nitrogens with one attached hydrogen (secondary N) is 1. The van der Waals surface area contributed by atoms with Crippen molar-refractivity contribution in [2.45, 2.75) is 39.2 Å². The maximum absolute atomic E-state index is 13.0. The van der Waals surface area contributed by atoms with Crippen LogP contribution in [0.25, 0.3) is 10.9 Å². The predicted octanol–water partition coefficient (Wildman–Crippen LogP) is 5.54. The van der Waals surface area contributed by atoms with Crippen LogP contribution >= 0.6 is 0 Å². The largest absolute Gasteiger partial charge is 0.465 e. The quantitative estimate of drug-likeness (QED) is 0.257. The van der Waals surface area contributed by atoms with Crippen LogP contribution in [0.3, 0.4) is 0 Å². The second-order valence-electron chi connectivity index (χ2n) is 10.2. The number of fused-ring (bicyclic) bond motifs is 1. The van der Waals surface area contributed by atoms with Crippen LogP contribution in [-0.2, 0) is 24.1 Å². The Kier molecular flexibility index (Phi) is 7.47. The molecular weight excluding hydrogens is 462 g/mol. The minimum Gasteiger partial charge on any atom is -0.465 e. The molecule has 0 spiro atoms. The Morgan fingerprint density at radius 2 is 1.81 bits per heavy atom. The van der Waals surface area contributed by atoms with Crippen molar-refractivity contribution in [3.8, 4) is 0 Å². The molecular formula is C31H33N3O3. The van der Waals surface area contributed by atoms with Gasteiger partial charge in [0.1, 0.15) is 0 Å². The number of likely N-dealkylation sites (tertiary alicyclic amines) is 1. The fourth-order valence-electron chi connectivity index (χ4n) is 5.37. The van der Waals surface area contributed by atoms with Crippen molar-refractivity contribution in [3.63, 3.8) is 0 Å². The molecule has 0 aliphatic carbocycles. The molecule has 6 nitrogen and oxygen atoms in total. The lowest BCUT2D eigenvalue weighted by Crippen LogP contribution is -2.35. The van der Waals surface area contributed by atoms with Gasteiger partial charge in [0.05, 0.1) is 24.4 Å². The van der Waals surface area contributed by atoms with Crippen LogP contribution in [0.1, 0.15) is 55.8 Å². The highest BCUT2D eigenvalue weighted by molar-refractivity contribution is 5.99. The average molecular weight is 496 g/mol. The number of esters is 1. The molecule has 0 radical (unpaired) electrons. The molecule has 0 amide bonds. The Labute approximate surface area is 217 Å². The maximum Gasteiger partial charge on any atom is 0.337 e. The van der Waals surface area contributed by atoms with Crippen LogP contribution < -0.4 is 0 Å². The average Bonchev–Trinajstić information content (AvgIpc) is 3.38. The van der Waals surface area contributed by atoms with Gasteiger partial charge in [-0.3, -0.25) is 14.8 Å². The van der Waals surface area contributed by atoms with Crippen molar-refractivity contribution >= 4 is 22.7 Å². The highest BCUT2D eigenvalue weighted by Gasteiger charge is 2.21. The highest BCUT2D eigenvalue weighted by Crippen LogP contribution is 2.25. The van der Waals surface area contributed by atoms with E-state index >= 15 is 0 Å². The molecule has 4 aromatic rings. The zero-order valence-corrected chi connectivity index (χ0v) is 21.5. The molecule has 190 valence electrons. The lowest BCUT2D eigenvalue weighted by Gasteiger charge is -2.33. The maximum atomic E-state index is 13.0. The number of nitrogens with zero attached hydrogens (tertiary/aromatic N) is 2. The third kappa shape index (κ3) is 5.97. The molecule has 0 bridgehead atoms. The molecule has 5 rings (SSSR count). The molecule has 1 aliphatic heterocycles. The van der Waals surface area contributed by atoms with Gasteiger partial charge in [0.2, 0.25) is 0 Å². The van der Waals surface area contributed by atoms with E-state index < -0.39 is 5.97 Å². The van der Waals surface area contributed by atoms with E-state index in [4.69, 9.17) is 4.74 Å². The van der Waals surface area contributed by atoms with Crippen LogP contribution in [0, 0.1) is 12.8 Å². The number of ketones is 1. The normalized spacial score (nSPS) is 16.1. The fraction of sp³-hybridized carbons (Fsp3) is 0.323. The van der Waals surface area contributed by atoms with Crippen LogP contribution in [0.5, 0.6) is 0 Å². The standard InChI is InChI=1S/C31H33N3O3/c1-21-5-6-24(16-27(21)17-30(35)25-8-10-26(11-9-25)31(36)37-2)20-34-13-3-4-23(19-34)14-22-7-12-29-28(15-22)18-32-33-29/h5-12,15-16,18,23H,3-4,13-14,17,19-20H2,1-2H3,(H,32,33). The fourth-order valence-corrected chi connectivity index (χ4v) is 5.37. The molecule has 1 aromatic heterocycles.